The monoisotopic (exact) mass is 418 g/mol. The van der Waals surface area contributed by atoms with Crippen LogP contribution in [0.3, 0.4) is 0 Å². The van der Waals surface area contributed by atoms with Crippen LogP contribution in [-0.2, 0) is 4.79 Å². The second-order valence-corrected chi connectivity index (χ2v) is 7.46. The van der Waals surface area contributed by atoms with Crippen LogP contribution in [0.2, 0.25) is 0 Å². The molecule has 31 heavy (non-hydrogen) atoms. The lowest BCUT2D eigenvalue weighted by atomic mass is 9.95. The van der Waals surface area contributed by atoms with E-state index in [9.17, 15) is 4.79 Å². The lowest BCUT2D eigenvalue weighted by Gasteiger charge is -2.32. The molecule has 1 aromatic heterocycles. The molecule has 3 aromatic rings. The van der Waals surface area contributed by atoms with Crippen molar-refractivity contribution >= 4 is 17.4 Å². The number of aromatic nitrogens is 2. The van der Waals surface area contributed by atoms with Gasteiger partial charge in [0.1, 0.15) is 11.5 Å². The number of benzene rings is 2. The second-order valence-electron chi connectivity index (χ2n) is 7.46. The van der Waals surface area contributed by atoms with E-state index in [2.05, 4.69) is 20.4 Å². The van der Waals surface area contributed by atoms with E-state index in [-0.39, 0.29) is 11.8 Å². The Labute approximate surface area is 182 Å². The van der Waals surface area contributed by atoms with Crippen LogP contribution in [0.15, 0.2) is 60.7 Å². The number of methoxy groups -OCH3 is 2. The predicted molar refractivity (Wildman–Crippen MR) is 121 cm³/mol. The molecule has 0 aliphatic carbocycles. The van der Waals surface area contributed by atoms with Crippen LogP contribution in [0.4, 0.5) is 11.5 Å². The molecule has 1 saturated heterocycles. The highest BCUT2D eigenvalue weighted by atomic mass is 16.5. The van der Waals surface area contributed by atoms with Crippen molar-refractivity contribution in [1.82, 2.24) is 10.2 Å². The first-order chi connectivity index (χ1) is 15.2. The highest BCUT2D eigenvalue weighted by Crippen LogP contribution is 2.30. The molecule has 0 radical (unpaired) electrons. The number of carbonyl (C=O) groups is 1. The van der Waals surface area contributed by atoms with Crippen LogP contribution < -0.4 is 19.7 Å². The van der Waals surface area contributed by atoms with Crippen molar-refractivity contribution in [2.24, 2.45) is 5.92 Å². The third-order valence-electron chi connectivity index (χ3n) is 5.58. The standard InChI is InChI=1S/C24H26N4O3/c1-30-19-8-9-21(22(16-19)31-2)25-24(29)18-12-14-28(15-13-18)23-11-10-20(26-27-23)17-6-4-3-5-7-17/h3-11,16,18H,12-15H2,1-2H3,(H,25,29). The van der Waals surface area contributed by atoms with Gasteiger partial charge in [-0.25, -0.2) is 0 Å². The van der Waals surface area contributed by atoms with Crippen molar-refractivity contribution in [3.63, 3.8) is 0 Å². The molecule has 160 valence electrons. The Balaban J connectivity index is 1.35. The summed E-state index contributed by atoms with van der Waals surface area (Å²) in [6, 6.07) is 19.4. The number of ether oxygens (including phenoxy) is 2. The first-order valence-electron chi connectivity index (χ1n) is 10.3. The third kappa shape index (κ3) is 4.77. The molecule has 7 nitrogen and oxygen atoms in total. The number of nitrogens with zero attached hydrogens (tertiary/aromatic N) is 3. The Morgan fingerprint density at radius 3 is 2.39 bits per heavy atom. The fraction of sp³-hybridized carbons (Fsp3) is 0.292. The minimum atomic E-state index is -0.0559. The van der Waals surface area contributed by atoms with Gasteiger partial charge in [0.05, 0.1) is 25.6 Å². The van der Waals surface area contributed by atoms with E-state index < -0.39 is 0 Å². The summed E-state index contributed by atoms with van der Waals surface area (Å²) in [5.74, 6) is 2.06. The van der Waals surface area contributed by atoms with Gasteiger partial charge in [-0.15, -0.1) is 10.2 Å². The number of amides is 1. The van der Waals surface area contributed by atoms with Crippen LogP contribution in [0, 0.1) is 5.92 Å². The smallest absolute Gasteiger partial charge is 0.227 e. The van der Waals surface area contributed by atoms with E-state index in [0.29, 0.717) is 17.2 Å². The molecule has 1 aliphatic rings. The minimum absolute atomic E-state index is 0.00799. The largest absolute Gasteiger partial charge is 0.497 e. The van der Waals surface area contributed by atoms with Gasteiger partial charge < -0.3 is 19.7 Å². The van der Waals surface area contributed by atoms with Gasteiger partial charge in [0.25, 0.3) is 0 Å². The van der Waals surface area contributed by atoms with Gasteiger partial charge in [0.15, 0.2) is 5.82 Å². The zero-order chi connectivity index (χ0) is 21.6. The highest BCUT2D eigenvalue weighted by Gasteiger charge is 2.26. The van der Waals surface area contributed by atoms with E-state index in [1.165, 1.54) is 0 Å². The number of nitrogens with one attached hydrogen (secondary N) is 1. The van der Waals surface area contributed by atoms with E-state index in [1.54, 1.807) is 32.4 Å². The van der Waals surface area contributed by atoms with Crippen molar-refractivity contribution in [2.45, 2.75) is 12.8 Å². The maximum absolute atomic E-state index is 12.8. The zero-order valence-electron chi connectivity index (χ0n) is 17.7. The summed E-state index contributed by atoms with van der Waals surface area (Å²) in [4.78, 5) is 15.0. The van der Waals surface area contributed by atoms with Gasteiger partial charge in [-0.05, 0) is 37.1 Å². The molecule has 0 unspecified atom stereocenters. The van der Waals surface area contributed by atoms with Crippen molar-refractivity contribution in [3.05, 3.63) is 60.7 Å². The number of anilines is 2. The number of hydrogen-bond acceptors (Lipinski definition) is 6. The Morgan fingerprint density at radius 2 is 1.74 bits per heavy atom. The summed E-state index contributed by atoms with van der Waals surface area (Å²) in [5, 5.41) is 11.8. The van der Waals surface area contributed by atoms with Crippen molar-refractivity contribution in [3.8, 4) is 22.8 Å². The summed E-state index contributed by atoms with van der Waals surface area (Å²) in [5.41, 5.74) is 2.55. The first kappa shape index (κ1) is 20.7. The maximum Gasteiger partial charge on any atom is 0.227 e. The lowest BCUT2D eigenvalue weighted by Crippen LogP contribution is -2.38. The summed E-state index contributed by atoms with van der Waals surface area (Å²) in [6.07, 6.45) is 1.51. The molecule has 1 fully saturated rings. The average molecular weight is 418 g/mol. The van der Waals surface area contributed by atoms with Crippen LogP contribution in [0.25, 0.3) is 11.3 Å². The molecule has 1 aliphatic heterocycles. The van der Waals surface area contributed by atoms with Crippen molar-refractivity contribution in [2.75, 3.05) is 37.5 Å². The number of hydrogen-bond donors (Lipinski definition) is 1. The molecule has 7 heteroatoms. The first-order valence-corrected chi connectivity index (χ1v) is 10.3. The number of rotatable bonds is 6. The Morgan fingerprint density at radius 1 is 0.968 bits per heavy atom. The molecule has 2 heterocycles. The Hall–Kier alpha value is -3.61. The van der Waals surface area contributed by atoms with E-state index in [4.69, 9.17) is 9.47 Å². The maximum atomic E-state index is 12.8. The van der Waals surface area contributed by atoms with Crippen LogP contribution >= 0.6 is 0 Å². The van der Waals surface area contributed by atoms with Crippen LogP contribution in [0.1, 0.15) is 12.8 Å². The normalized spacial score (nSPS) is 14.2. The van der Waals surface area contributed by atoms with Gasteiger partial charge in [-0.1, -0.05) is 30.3 Å². The second kappa shape index (κ2) is 9.47. The Kier molecular flexibility index (Phi) is 6.31. The van der Waals surface area contributed by atoms with Crippen LogP contribution in [0.5, 0.6) is 11.5 Å². The quantitative estimate of drug-likeness (QED) is 0.652. The van der Waals surface area contributed by atoms with Gasteiger partial charge in [-0.3, -0.25) is 4.79 Å². The van der Waals surface area contributed by atoms with Gasteiger partial charge >= 0.3 is 0 Å². The van der Waals surface area contributed by atoms with Crippen molar-refractivity contribution < 1.29 is 14.3 Å². The summed E-state index contributed by atoms with van der Waals surface area (Å²) >= 11 is 0. The molecule has 2 aromatic carbocycles. The van der Waals surface area contributed by atoms with Crippen molar-refractivity contribution in [1.29, 1.82) is 0 Å². The molecule has 1 amide bonds. The zero-order valence-corrected chi connectivity index (χ0v) is 17.7. The summed E-state index contributed by atoms with van der Waals surface area (Å²) in [7, 11) is 3.17. The Bertz CT molecular complexity index is 1020. The molecular formula is C24H26N4O3. The minimum Gasteiger partial charge on any atom is -0.497 e. The molecule has 4 rings (SSSR count). The fourth-order valence-electron chi connectivity index (χ4n) is 3.76. The SMILES string of the molecule is COc1ccc(NC(=O)C2CCN(c3ccc(-c4ccccc4)nn3)CC2)c(OC)c1. The summed E-state index contributed by atoms with van der Waals surface area (Å²) in [6.45, 7) is 1.52. The van der Waals surface area contributed by atoms with Gasteiger partial charge in [0, 0.05) is 30.6 Å². The van der Waals surface area contributed by atoms with E-state index in [1.807, 2.05) is 42.5 Å². The van der Waals surface area contributed by atoms with E-state index in [0.717, 1.165) is 43.0 Å². The number of carbonyl (C=O) groups excluding carboxylic acids is 1. The average Bonchev–Trinajstić information content (AvgIpc) is 2.85. The van der Waals surface area contributed by atoms with Gasteiger partial charge in [-0.2, -0.15) is 0 Å². The lowest BCUT2D eigenvalue weighted by molar-refractivity contribution is -0.120. The number of piperidine rings is 1. The molecule has 0 spiro atoms. The third-order valence-corrected chi connectivity index (χ3v) is 5.58. The molecule has 0 atom stereocenters. The molecule has 0 saturated carbocycles. The fourth-order valence-corrected chi connectivity index (χ4v) is 3.76. The van der Waals surface area contributed by atoms with E-state index >= 15 is 0 Å². The predicted octanol–water partition coefficient (Wildman–Crippen LogP) is 4.02. The van der Waals surface area contributed by atoms with Crippen LogP contribution in [-0.4, -0.2) is 43.4 Å². The molecule has 1 N–H and O–H groups in total. The molecule has 0 bridgehead atoms. The summed E-state index contributed by atoms with van der Waals surface area (Å²) < 4.78 is 10.6. The topological polar surface area (TPSA) is 76.6 Å². The van der Waals surface area contributed by atoms with Gasteiger partial charge in [0.2, 0.25) is 5.91 Å². The highest BCUT2D eigenvalue weighted by molar-refractivity contribution is 5.94. The molecular weight excluding hydrogens is 392 g/mol.